The molecule has 1 heterocycles. The average Bonchev–Trinajstić information content (AvgIpc) is 2.75. The number of para-hydroxylation sites is 2. The molecule has 0 radical (unpaired) electrons. The summed E-state index contributed by atoms with van der Waals surface area (Å²) in [5, 5.41) is 3.31. The summed E-state index contributed by atoms with van der Waals surface area (Å²) in [6.07, 6.45) is 0. The van der Waals surface area contributed by atoms with Gasteiger partial charge < -0.3 is 5.32 Å². The Bertz CT molecular complexity index is 1340. The first kappa shape index (κ1) is 21.0. The third-order valence-corrected chi connectivity index (χ3v) is 5.54. The maximum atomic E-state index is 13.8. The molecule has 0 aliphatic carbocycles. The first-order valence-corrected chi connectivity index (χ1v) is 10.4. The summed E-state index contributed by atoms with van der Waals surface area (Å²) < 4.78 is 28.9. The molecule has 0 saturated heterocycles. The van der Waals surface area contributed by atoms with E-state index in [1.165, 1.54) is 10.6 Å². The molecule has 5 nitrogen and oxygen atoms in total. The lowest BCUT2D eigenvalue weighted by Crippen LogP contribution is -2.23. The van der Waals surface area contributed by atoms with E-state index < -0.39 is 23.2 Å². The monoisotopic (exact) mass is 457 g/mol. The van der Waals surface area contributed by atoms with Crippen LogP contribution in [0, 0.1) is 11.6 Å². The Morgan fingerprint density at radius 2 is 1.74 bits per heavy atom. The molecule has 3 aromatic carbocycles. The second-order valence-corrected chi connectivity index (χ2v) is 7.84. The highest BCUT2D eigenvalue weighted by Crippen LogP contribution is 2.24. The maximum Gasteiger partial charge on any atom is 0.266 e. The second kappa shape index (κ2) is 8.87. The smallest absolute Gasteiger partial charge is 0.266 e. The molecule has 9 heteroatoms. The predicted octanol–water partition coefficient (Wildman–Crippen LogP) is 5.05. The Labute approximate surface area is 184 Å². The van der Waals surface area contributed by atoms with Crippen LogP contribution in [0.25, 0.3) is 16.6 Å². The lowest BCUT2D eigenvalue weighted by molar-refractivity contribution is -0.113. The largest absolute Gasteiger partial charge is 0.320 e. The van der Waals surface area contributed by atoms with Crippen molar-refractivity contribution in [2.75, 3.05) is 11.1 Å². The molecule has 0 atom stereocenters. The van der Waals surface area contributed by atoms with Gasteiger partial charge >= 0.3 is 0 Å². The third-order valence-electron chi connectivity index (χ3n) is 4.37. The van der Waals surface area contributed by atoms with Crippen molar-refractivity contribution >= 4 is 45.9 Å². The molecule has 4 aromatic rings. The number of nitrogens with one attached hydrogen (secondary N) is 1. The fraction of sp³-hybridized carbons (Fsp3) is 0.0455. The van der Waals surface area contributed by atoms with Crippen LogP contribution >= 0.6 is 23.4 Å². The number of hydrogen-bond acceptors (Lipinski definition) is 4. The van der Waals surface area contributed by atoms with Crippen LogP contribution in [0.15, 0.2) is 76.7 Å². The summed E-state index contributed by atoms with van der Waals surface area (Å²) in [5.74, 6) is -2.62. The van der Waals surface area contributed by atoms with Crippen molar-refractivity contribution in [2.24, 2.45) is 0 Å². The Kier molecular flexibility index (Phi) is 6.01. The van der Waals surface area contributed by atoms with Gasteiger partial charge in [-0.1, -0.05) is 47.6 Å². The first-order valence-electron chi connectivity index (χ1n) is 9.08. The summed E-state index contributed by atoms with van der Waals surface area (Å²) in [4.78, 5) is 30.0. The van der Waals surface area contributed by atoms with Gasteiger partial charge in [0, 0.05) is 5.02 Å². The zero-order chi connectivity index (χ0) is 22.0. The third kappa shape index (κ3) is 4.45. The molecular formula is C22H14ClF2N3O2S. The Balaban J connectivity index is 1.69. The number of thioether (sulfide) groups is 1. The number of anilines is 1. The van der Waals surface area contributed by atoms with Crippen LogP contribution in [0.1, 0.15) is 0 Å². The highest BCUT2D eigenvalue weighted by atomic mass is 35.5. The summed E-state index contributed by atoms with van der Waals surface area (Å²) in [5.41, 5.74) is 0.107. The van der Waals surface area contributed by atoms with E-state index in [4.69, 9.17) is 11.6 Å². The van der Waals surface area contributed by atoms with Gasteiger partial charge in [0.1, 0.15) is 17.3 Å². The van der Waals surface area contributed by atoms with Crippen LogP contribution in [-0.4, -0.2) is 21.2 Å². The van der Waals surface area contributed by atoms with Gasteiger partial charge in [0.05, 0.1) is 22.3 Å². The highest BCUT2D eigenvalue weighted by Gasteiger charge is 2.17. The number of benzene rings is 3. The molecule has 31 heavy (non-hydrogen) atoms. The van der Waals surface area contributed by atoms with Gasteiger partial charge in [-0.05, 0) is 42.5 Å². The van der Waals surface area contributed by atoms with Crippen molar-refractivity contribution in [3.8, 4) is 5.69 Å². The van der Waals surface area contributed by atoms with Crippen LogP contribution in [-0.2, 0) is 4.79 Å². The highest BCUT2D eigenvalue weighted by molar-refractivity contribution is 7.99. The van der Waals surface area contributed by atoms with E-state index in [0.29, 0.717) is 21.6 Å². The lowest BCUT2D eigenvalue weighted by Gasteiger charge is -2.13. The van der Waals surface area contributed by atoms with Gasteiger partial charge in [-0.3, -0.25) is 14.2 Å². The summed E-state index contributed by atoms with van der Waals surface area (Å²) in [6, 6.07) is 16.8. The number of nitrogens with zero attached hydrogens (tertiary/aromatic N) is 2. The number of amides is 1. The van der Waals surface area contributed by atoms with E-state index in [1.54, 1.807) is 48.5 Å². The number of hydrogen-bond donors (Lipinski definition) is 1. The predicted molar refractivity (Wildman–Crippen MR) is 118 cm³/mol. The van der Waals surface area contributed by atoms with Gasteiger partial charge in [0.15, 0.2) is 5.16 Å². The fourth-order valence-corrected chi connectivity index (χ4v) is 3.97. The zero-order valence-electron chi connectivity index (χ0n) is 15.8. The van der Waals surface area contributed by atoms with Gasteiger partial charge in [0.2, 0.25) is 5.91 Å². The second-order valence-electron chi connectivity index (χ2n) is 6.47. The first-order chi connectivity index (χ1) is 14.9. The van der Waals surface area contributed by atoms with Crippen LogP contribution in [0.4, 0.5) is 14.5 Å². The molecule has 0 fully saturated rings. The van der Waals surface area contributed by atoms with Crippen molar-refractivity contribution in [1.82, 2.24) is 9.55 Å². The topological polar surface area (TPSA) is 64.0 Å². The Morgan fingerprint density at radius 1 is 1.03 bits per heavy atom. The van der Waals surface area contributed by atoms with Crippen LogP contribution < -0.4 is 10.9 Å². The molecule has 0 spiro atoms. The molecule has 0 aliphatic rings. The molecule has 0 bridgehead atoms. The maximum absolute atomic E-state index is 13.8. The Morgan fingerprint density at radius 3 is 2.48 bits per heavy atom. The number of carbonyl (C=O) groups excluding carboxylic acids is 1. The number of aromatic nitrogens is 2. The molecule has 0 unspecified atom stereocenters. The minimum atomic E-state index is -0.877. The molecule has 0 aliphatic heterocycles. The molecule has 156 valence electrons. The molecular weight excluding hydrogens is 444 g/mol. The lowest BCUT2D eigenvalue weighted by atomic mass is 10.2. The average molecular weight is 458 g/mol. The summed E-state index contributed by atoms with van der Waals surface area (Å²) >= 11 is 7.06. The van der Waals surface area contributed by atoms with E-state index in [0.717, 1.165) is 23.9 Å². The number of halogens is 3. The van der Waals surface area contributed by atoms with Gasteiger partial charge in [-0.2, -0.15) is 0 Å². The van der Waals surface area contributed by atoms with E-state index in [1.807, 2.05) is 0 Å². The quantitative estimate of drug-likeness (QED) is 0.336. The molecule has 1 amide bonds. The molecule has 1 aromatic heterocycles. The molecule has 0 saturated carbocycles. The van der Waals surface area contributed by atoms with Crippen molar-refractivity contribution in [1.29, 1.82) is 0 Å². The number of rotatable bonds is 5. The fourth-order valence-electron chi connectivity index (χ4n) is 2.97. The van der Waals surface area contributed by atoms with Crippen molar-refractivity contribution in [3.05, 3.63) is 93.7 Å². The SMILES string of the molecule is O=C(CSc1nc2ccccc2c(=O)n1-c1cccc(Cl)c1)Nc1c(F)cccc1F. The normalized spacial score (nSPS) is 10.9. The standard InChI is InChI=1S/C22H14ClF2N3O2S/c23-13-5-3-6-14(11-13)28-21(30)15-7-1-2-10-18(15)26-22(28)31-12-19(29)27-20-16(24)8-4-9-17(20)25/h1-11H,12H2,(H,27,29). The van der Waals surface area contributed by atoms with E-state index in [2.05, 4.69) is 10.3 Å². The van der Waals surface area contributed by atoms with Crippen molar-refractivity contribution in [2.45, 2.75) is 5.16 Å². The van der Waals surface area contributed by atoms with Crippen LogP contribution in [0.2, 0.25) is 5.02 Å². The Hall–Kier alpha value is -3.23. The van der Waals surface area contributed by atoms with Crippen molar-refractivity contribution in [3.63, 3.8) is 0 Å². The van der Waals surface area contributed by atoms with Crippen LogP contribution in [0.5, 0.6) is 0 Å². The summed E-state index contributed by atoms with van der Waals surface area (Å²) in [7, 11) is 0. The molecule has 4 rings (SSSR count). The number of fused-ring (bicyclic) bond motifs is 1. The van der Waals surface area contributed by atoms with Crippen LogP contribution in [0.3, 0.4) is 0 Å². The van der Waals surface area contributed by atoms with E-state index >= 15 is 0 Å². The van der Waals surface area contributed by atoms with E-state index in [9.17, 15) is 18.4 Å². The van der Waals surface area contributed by atoms with E-state index in [-0.39, 0.29) is 16.5 Å². The van der Waals surface area contributed by atoms with Gasteiger partial charge in [-0.25, -0.2) is 13.8 Å². The number of carbonyl (C=O) groups is 1. The van der Waals surface area contributed by atoms with Gasteiger partial charge in [-0.15, -0.1) is 0 Å². The minimum absolute atomic E-state index is 0.223. The van der Waals surface area contributed by atoms with Crippen molar-refractivity contribution < 1.29 is 13.6 Å². The minimum Gasteiger partial charge on any atom is -0.320 e. The molecule has 1 N–H and O–H groups in total. The zero-order valence-corrected chi connectivity index (χ0v) is 17.4. The summed E-state index contributed by atoms with van der Waals surface area (Å²) in [6.45, 7) is 0. The van der Waals surface area contributed by atoms with Gasteiger partial charge in [0.25, 0.3) is 5.56 Å².